The van der Waals surface area contributed by atoms with Crippen molar-refractivity contribution in [3.8, 4) is 0 Å². The van der Waals surface area contributed by atoms with Crippen molar-refractivity contribution in [2.24, 2.45) is 0 Å². The van der Waals surface area contributed by atoms with Gasteiger partial charge in [-0.25, -0.2) is 8.42 Å². The molecule has 7 heteroatoms. The Hall–Kier alpha value is -0.690. The molecule has 2 rings (SSSR count). The van der Waals surface area contributed by atoms with Crippen LogP contribution in [0.25, 0.3) is 0 Å². The highest BCUT2D eigenvalue weighted by Crippen LogP contribution is 2.19. The molecule has 1 fully saturated rings. The van der Waals surface area contributed by atoms with Gasteiger partial charge < -0.3 is 4.74 Å². The highest BCUT2D eigenvalue weighted by Gasteiger charge is 2.32. The van der Waals surface area contributed by atoms with Crippen LogP contribution in [0.1, 0.15) is 12.1 Å². The monoisotopic (exact) mass is 318 g/mol. The zero-order valence-corrected chi connectivity index (χ0v) is 13.0. The average molecular weight is 319 g/mol. The Kier molecular flexibility index (Phi) is 5.37. The van der Waals surface area contributed by atoms with Crippen molar-refractivity contribution in [2.75, 3.05) is 31.8 Å². The third-order valence-corrected chi connectivity index (χ3v) is 5.44. The maximum Gasteiger partial charge on any atom is 0.151 e. The van der Waals surface area contributed by atoms with Gasteiger partial charge >= 0.3 is 0 Å². The molecule has 0 radical (unpaired) electrons. The van der Waals surface area contributed by atoms with Crippen LogP contribution in [-0.2, 0) is 21.1 Å². The first-order valence-electron chi connectivity index (χ1n) is 6.54. The molecule has 112 valence electrons. The van der Waals surface area contributed by atoms with Gasteiger partial charge in [-0.2, -0.15) is 0 Å². The summed E-state index contributed by atoms with van der Waals surface area (Å²) in [5, 5.41) is 0.598. The number of sulfone groups is 1. The summed E-state index contributed by atoms with van der Waals surface area (Å²) < 4.78 is 28.4. The number of methoxy groups -OCH3 is 1. The van der Waals surface area contributed by atoms with Gasteiger partial charge in [-0.15, -0.1) is 0 Å². The second-order valence-corrected chi connectivity index (χ2v) is 7.65. The Morgan fingerprint density at radius 1 is 1.50 bits per heavy atom. The molecule has 0 N–H and O–H groups in total. The van der Waals surface area contributed by atoms with Gasteiger partial charge in [0.1, 0.15) is 0 Å². The molecule has 2 heterocycles. The highest BCUT2D eigenvalue weighted by molar-refractivity contribution is 7.91. The molecule has 1 aliphatic heterocycles. The van der Waals surface area contributed by atoms with E-state index in [-0.39, 0.29) is 17.5 Å². The van der Waals surface area contributed by atoms with Gasteiger partial charge in [-0.3, -0.25) is 9.88 Å². The molecule has 1 saturated heterocycles. The van der Waals surface area contributed by atoms with Gasteiger partial charge in [0.05, 0.1) is 28.8 Å². The highest BCUT2D eigenvalue weighted by atomic mass is 35.5. The zero-order valence-electron chi connectivity index (χ0n) is 11.5. The molecule has 1 aromatic heterocycles. The van der Waals surface area contributed by atoms with Crippen LogP contribution in [-0.4, -0.2) is 56.1 Å². The summed E-state index contributed by atoms with van der Waals surface area (Å²) in [6.45, 7) is 1.88. The average Bonchev–Trinajstić information content (AvgIpc) is 2.77. The van der Waals surface area contributed by atoms with Gasteiger partial charge in [0, 0.05) is 32.4 Å². The van der Waals surface area contributed by atoms with Crippen LogP contribution >= 0.6 is 11.6 Å². The second kappa shape index (κ2) is 6.85. The molecule has 0 spiro atoms. The van der Waals surface area contributed by atoms with Gasteiger partial charge in [0.2, 0.25) is 0 Å². The van der Waals surface area contributed by atoms with Crippen LogP contribution in [0.4, 0.5) is 0 Å². The molecule has 0 aromatic carbocycles. The van der Waals surface area contributed by atoms with Crippen molar-refractivity contribution < 1.29 is 13.2 Å². The molecule has 5 nitrogen and oxygen atoms in total. The summed E-state index contributed by atoms with van der Waals surface area (Å²) in [6.07, 6.45) is 2.29. The lowest BCUT2D eigenvalue weighted by atomic mass is 10.2. The van der Waals surface area contributed by atoms with Gasteiger partial charge in [-0.05, 0) is 18.6 Å². The van der Waals surface area contributed by atoms with E-state index in [1.54, 1.807) is 19.4 Å². The van der Waals surface area contributed by atoms with E-state index < -0.39 is 9.84 Å². The molecule has 0 bridgehead atoms. The topological polar surface area (TPSA) is 59.5 Å². The van der Waals surface area contributed by atoms with E-state index >= 15 is 0 Å². The maximum absolute atomic E-state index is 11.6. The molecule has 0 amide bonds. The second-order valence-electron chi connectivity index (χ2n) is 4.99. The molecule has 1 atom stereocenters. The van der Waals surface area contributed by atoms with Crippen molar-refractivity contribution >= 4 is 21.4 Å². The number of hydrogen-bond acceptors (Lipinski definition) is 5. The van der Waals surface area contributed by atoms with Crippen LogP contribution in [0.3, 0.4) is 0 Å². The molecule has 1 aliphatic rings. The molecular weight excluding hydrogens is 300 g/mol. The van der Waals surface area contributed by atoms with Crippen molar-refractivity contribution in [1.29, 1.82) is 0 Å². The van der Waals surface area contributed by atoms with Crippen LogP contribution in [0, 0.1) is 0 Å². The van der Waals surface area contributed by atoms with Crippen LogP contribution in [0.2, 0.25) is 5.02 Å². The van der Waals surface area contributed by atoms with Gasteiger partial charge in [0.25, 0.3) is 0 Å². The lowest BCUT2D eigenvalue weighted by Crippen LogP contribution is -2.38. The van der Waals surface area contributed by atoms with Crippen LogP contribution < -0.4 is 0 Å². The largest absolute Gasteiger partial charge is 0.383 e. The SMILES string of the molecule is COCCN(Cc1ccc(Cl)cn1)[C@@H]1CCS(=O)(=O)C1. The predicted molar refractivity (Wildman–Crippen MR) is 78.6 cm³/mol. The number of hydrogen-bond donors (Lipinski definition) is 0. The van der Waals surface area contributed by atoms with Crippen molar-refractivity contribution in [3.05, 3.63) is 29.0 Å². The normalized spacial score (nSPS) is 21.4. The summed E-state index contributed by atoms with van der Waals surface area (Å²) in [4.78, 5) is 6.40. The molecule has 1 aromatic rings. The fraction of sp³-hybridized carbons (Fsp3) is 0.615. The fourth-order valence-corrected chi connectivity index (χ4v) is 4.24. The first-order valence-corrected chi connectivity index (χ1v) is 8.74. The lowest BCUT2D eigenvalue weighted by Gasteiger charge is -2.27. The first-order chi connectivity index (χ1) is 9.50. The minimum atomic E-state index is -2.89. The summed E-state index contributed by atoms with van der Waals surface area (Å²) in [7, 11) is -1.25. The Bertz CT molecular complexity index is 533. The quantitative estimate of drug-likeness (QED) is 0.793. The van der Waals surface area contributed by atoms with Crippen LogP contribution in [0.5, 0.6) is 0 Å². The third-order valence-electron chi connectivity index (χ3n) is 3.46. The first kappa shape index (κ1) is 15.7. The molecule has 20 heavy (non-hydrogen) atoms. The van der Waals surface area contributed by atoms with Gasteiger partial charge in [0.15, 0.2) is 9.84 Å². The van der Waals surface area contributed by atoms with E-state index in [4.69, 9.17) is 16.3 Å². The summed E-state index contributed by atoms with van der Waals surface area (Å²) in [5.74, 6) is 0.500. The standard InChI is InChI=1S/C13H19ClN2O3S/c1-19-6-5-16(13-4-7-20(17,18)10-13)9-12-3-2-11(14)8-15-12/h2-3,8,13H,4-7,9-10H2,1H3/t13-/m1/s1. The number of pyridine rings is 1. The van der Waals surface area contributed by atoms with E-state index in [0.717, 1.165) is 5.69 Å². The number of rotatable bonds is 6. The smallest absolute Gasteiger partial charge is 0.151 e. The zero-order chi connectivity index (χ0) is 14.6. The number of nitrogens with zero attached hydrogens (tertiary/aromatic N) is 2. The van der Waals surface area contributed by atoms with E-state index in [1.165, 1.54) is 0 Å². The summed E-state index contributed by atoms with van der Waals surface area (Å²) in [5.41, 5.74) is 0.884. The van der Waals surface area contributed by atoms with Crippen LogP contribution in [0.15, 0.2) is 18.3 Å². The number of aromatic nitrogens is 1. The lowest BCUT2D eigenvalue weighted by molar-refractivity contribution is 0.120. The maximum atomic E-state index is 11.6. The Labute approximate surface area is 124 Å². The van der Waals surface area contributed by atoms with Gasteiger partial charge in [-0.1, -0.05) is 11.6 Å². The molecule has 0 unspecified atom stereocenters. The predicted octanol–water partition coefficient (Wildman–Crippen LogP) is 1.37. The number of ether oxygens (including phenoxy) is 1. The minimum Gasteiger partial charge on any atom is -0.383 e. The van der Waals surface area contributed by atoms with E-state index in [2.05, 4.69) is 9.88 Å². The Balaban J connectivity index is 2.05. The Morgan fingerprint density at radius 3 is 2.85 bits per heavy atom. The van der Waals surface area contributed by atoms with Crippen molar-refractivity contribution in [1.82, 2.24) is 9.88 Å². The van der Waals surface area contributed by atoms with E-state index in [1.807, 2.05) is 6.07 Å². The number of halogens is 1. The van der Waals surface area contributed by atoms with E-state index in [0.29, 0.717) is 31.1 Å². The Morgan fingerprint density at radius 2 is 2.30 bits per heavy atom. The summed E-state index contributed by atoms with van der Waals surface area (Å²) >= 11 is 5.82. The summed E-state index contributed by atoms with van der Waals surface area (Å²) in [6, 6.07) is 3.71. The molecular formula is C13H19ClN2O3S. The third kappa shape index (κ3) is 4.41. The molecule has 0 aliphatic carbocycles. The van der Waals surface area contributed by atoms with E-state index in [9.17, 15) is 8.42 Å². The molecule has 0 saturated carbocycles. The fourth-order valence-electron chi connectivity index (χ4n) is 2.37. The van der Waals surface area contributed by atoms with Crippen molar-refractivity contribution in [2.45, 2.75) is 19.0 Å². The van der Waals surface area contributed by atoms with Crippen molar-refractivity contribution in [3.63, 3.8) is 0 Å². The minimum absolute atomic E-state index is 0.0487.